The van der Waals surface area contributed by atoms with E-state index < -0.39 is 5.97 Å². The average Bonchev–Trinajstić information content (AvgIpc) is 2.71. The van der Waals surface area contributed by atoms with Crippen LogP contribution in [-0.2, 0) is 25.5 Å². The number of rotatable bonds is 9. The van der Waals surface area contributed by atoms with Crippen molar-refractivity contribution in [1.29, 1.82) is 0 Å². The fourth-order valence-electron chi connectivity index (χ4n) is 2.59. The number of benzene rings is 2. The van der Waals surface area contributed by atoms with Crippen LogP contribution < -0.4 is 16.0 Å². The zero-order valence-electron chi connectivity index (χ0n) is 16.8. The fourth-order valence-corrected chi connectivity index (χ4v) is 2.82. The predicted octanol–water partition coefficient (Wildman–Crippen LogP) is 3.41. The van der Waals surface area contributed by atoms with Crippen molar-refractivity contribution in [3.63, 3.8) is 0 Å². The first kappa shape index (κ1) is 23.0. The Morgan fingerprint density at radius 1 is 0.900 bits per heavy atom. The first-order valence-corrected chi connectivity index (χ1v) is 10.0. The molecule has 0 unspecified atom stereocenters. The van der Waals surface area contributed by atoms with Crippen LogP contribution in [0.3, 0.4) is 0 Å². The molecule has 0 aliphatic heterocycles. The Bertz CT molecular complexity index is 870. The monoisotopic (exact) mass is 427 g/mol. The number of hydrogen-bond donors (Lipinski definition) is 3. The van der Waals surface area contributed by atoms with Crippen LogP contribution in [0.1, 0.15) is 31.7 Å². The van der Waals surface area contributed by atoms with Gasteiger partial charge in [0.15, 0.2) is 5.11 Å². The zero-order valence-corrected chi connectivity index (χ0v) is 17.6. The van der Waals surface area contributed by atoms with Crippen molar-refractivity contribution in [1.82, 2.24) is 5.32 Å². The molecule has 7 nitrogen and oxygen atoms in total. The van der Waals surface area contributed by atoms with Crippen LogP contribution in [0.15, 0.2) is 54.6 Å². The lowest BCUT2D eigenvalue weighted by molar-refractivity contribution is -0.145. The van der Waals surface area contributed by atoms with Crippen LogP contribution in [0.4, 0.5) is 11.4 Å². The molecular formula is C22H25N3O4S. The van der Waals surface area contributed by atoms with E-state index in [4.69, 9.17) is 17.0 Å². The summed E-state index contributed by atoms with van der Waals surface area (Å²) in [5.74, 6) is -0.942. The van der Waals surface area contributed by atoms with E-state index in [1.54, 1.807) is 24.3 Å². The molecule has 8 heteroatoms. The molecule has 0 atom stereocenters. The molecular weight excluding hydrogens is 402 g/mol. The summed E-state index contributed by atoms with van der Waals surface area (Å²) in [5.41, 5.74) is 2.51. The molecule has 3 N–H and O–H groups in total. The SMILES string of the molecule is CC(=O)Nc1ccc(NC(=S)NC(=O)CCC(=O)OCCCc2ccccc2)cc1. The second-order valence-electron chi connectivity index (χ2n) is 6.57. The average molecular weight is 428 g/mol. The third-order valence-electron chi connectivity index (χ3n) is 3.99. The highest BCUT2D eigenvalue weighted by Gasteiger charge is 2.10. The lowest BCUT2D eigenvalue weighted by Gasteiger charge is -2.10. The van der Waals surface area contributed by atoms with Gasteiger partial charge in [0.1, 0.15) is 0 Å². The molecule has 2 amide bonds. The van der Waals surface area contributed by atoms with E-state index >= 15 is 0 Å². The Hall–Kier alpha value is -3.26. The molecule has 0 aromatic heterocycles. The van der Waals surface area contributed by atoms with E-state index in [-0.39, 0.29) is 29.8 Å². The normalized spacial score (nSPS) is 10.0. The summed E-state index contributed by atoms with van der Waals surface area (Å²) >= 11 is 5.10. The molecule has 0 radical (unpaired) electrons. The second-order valence-corrected chi connectivity index (χ2v) is 6.98. The number of esters is 1. The van der Waals surface area contributed by atoms with E-state index in [2.05, 4.69) is 16.0 Å². The van der Waals surface area contributed by atoms with Crippen LogP contribution in [0, 0.1) is 0 Å². The van der Waals surface area contributed by atoms with Crippen LogP contribution in [-0.4, -0.2) is 29.5 Å². The van der Waals surface area contributed by atoms with Crippen LogP contribution in [0.25, 0.3) is 0 Å². The molecule has 158 valence electrons. The first-order valence-electron chi connectivity index (χ1n) is 9.60. The lowest BCUT2D eigenvalue weighted by atomic mass is 10.1. The minimum absolute atomic E-state index is 0.00873. The molecule has 2 aromatic rings. The number of amides is 2. The van der Waals surface area contributed by atoms with Gasteiger partial charge in [-0.3, -0.25) is 14.4 Å². The van der Waals surface area contributed by atoms with Gasteiger partial charge in [-0.2, -0.15) is 0 Å². The molecule has 0 bridgehead atoms. The maximum Gasteiger partial charge on any atom is 0.306 e. The highest BCUT2D eigenvalue weighted by Crippen LogP contribution is 2.13. The molecule has 0 saturated heterocycles. The van der Waals surface area contributed by atoms with Crippen molar-refractivity contribution in [2.24, 2.45) is 0 Å². The van der Waals surface area contributed by atoms with Gasteiger partial charge in [0.2, 0.25) is 11.8 Å². The maximum absolute atomic E-state index is 11.9. The molecule has 30 heavy (non-hydrogen) atoms. The van der Waals surface area contributed by atoms with Gasteiger partial charge in [0.25, 0.3) is 0 Å². The predicted molar refractivity (Wildman–Crippen MR) is 120 cm³/mol. The van der Waals surface area contributed by atoms with Gasteiger partial charge >= 0.3 is 5.97 Å². The minimum atomic E-state index is -0.411. The van der Waals surface area contributed by atoms with E-state index in [1.165, 1.54) is 12.5 Å². The number of aryl methyl sites for hydroxylation is 1. The van der Waals surface area contributed by atoms with Crippen LogP contribution in [0.5, 0.6) is 0 Å². The summed E-state index contributed by atoms with van der Waals surface area (Å²) in [6.45, 7) is 1.75. The van der Waals surface area contributed by atoms with Gasteiger partial charge in [-0.25, -0.2) is 0 Å². The van der Waals surface area contributed by atoms with Crippen molar-refractivity contribution in [2.45, 2.75) is 32.6 Å². The topological polar surface area (TPSA) is 96.5 Å². The third kappa shape index (κ3) is 9.29. The summed E-state index contributed by atoms with van der Waals surface area (Å²) in [4.78, 5) is 34.7. The molecule has 2 aromatic carbocycles. The van der Waals surface area contributed by atoms with E-state index in [1.807, 2.05) is 30.3 Å². The summed E-state index contributed by atoms with van der Waals surface area (Å²) in [5, 5.41) is 8.18. The van der Waals surface area contributed by atoms with Gasteiger partial charge in [-0.1, -0.05) is 30.3 Å². The number of hydrogen-bond acceptors (Lipinski definition) is 5. The fraction of sp³-hybridized carbons (Fsp3) is 0.273. The molecule has 0 heterocycles. The van der Waals surface area contributed by atoms with Gasteiger partial charge in [0.05, 0.1) is 13.0 Å². The number of carbonyl (C=O) groups excluding carboxylic acids is 3. The van der Waals surface area contributed by atoms with E-state index in [0.29, 0.717) is 18.0 Å². The largest absolute Gasteiger partial charge is 0.466 e. The maximum atomic E-state index is 11.9. The quantitative estimate of drug-likeness (QED) is 0.322. The van der Waals surface area contributed by atoms with E-state index in [0.717, 1.165) is 12.8 Å². The minimum Gasteiger partial charge on any atom is -0.466 e. The molecule has 0 saturated carbocycles. The Morgan fingerprint density at radius 2 is 1.53 bits per heavy atom. The standard InChI is InChI=1S/C22H25N3O4S/c1-16(26)23-18-9-11-19(12-10-18)24-22(30)25-20(27)13-14-21(28)29-15-5-8-17-6-3-2-4-7-17/h2-4,6-7,9-12H,5,8,13-15H2,1H3,(H,23,26)(H2,24,25,27,30). The number of ether oxygens (including phenoxy) is 1. The van der Waals surface area contributed by atoms with Crippen molar-refractivity contribution in [2.75, 3.05) is 17.2 Å². The smallest absolute Gasteiger partial charge is 0.306 e. The summed E-state index contributed by atoms with van der Waals surface area (Å²) < 4.78 is 5.16. The Kier molecular flexibility index (Phi) is 9.47. The molecule has 2 rings (SSSR count). The summed E-state index contributed by atoms with van der Waals surface area (Å²) in [6.07, 6.45) is 1.54. The van der Waals surface area contributed by atoms with E-state index in [9.17, 15) is 14.4 Å². The number of carbonyl (C=O) groups is 3. The zero-order chi connectivity index (χ0) is 21.8. The highest BCUT2D eigenvalue weighted by molar-refractivity contribution is 7.80. The lowest BCUT2D eigenvalue weighted by Crippen LogP contribution is -2.34. The summed E-state index contributed by atoms with van der Waals surface area (Å²) in [7, 11) is 0. The Morgan fingerprint density at radius 3 is 2.17 bits per heavy atom. The molecule has 0 fully saturated rings. The third-order valence-corrected chi connectivity index (χ3v) is 4.19. The second kappa shape index (κ2) is 12.3. The van der Waals surface area contributed by atoms with Gasteiger partial charge in [0, 0.05) is 24.7 Å². The Balaban J connectivity index is 1.60. The molecule has 0 spiro atoms. The van der Waals surface area contributed by atoms with Crippen LogP contribution in [0.2, 0.25) is 0 Å². The number of thiocarbonyl (C=S) groups is 1. The Labute approximate surface area is 181 Å². The van der Waals surface area contributed by atoms with Crippen molar-refractivity contribution < 1.29 is 19.1 Å². The molecule has 0 aliphatic carbocycles. The van der Waals surface area contributed by atoms with Gasteiger partial charge in [-0.05, 0) is 54.9 Å². The number of anilines is 2. The van der Waals surface area contributed by atoms with Gasteiger partial charge in [-0.15, -0.1) is 0 Å². The van der Waals surface area contributed by atoms with Gasteiger partial charge < -0.3 is 20.7 Å². The van der Waals surface area contributed by atoms with Crippen molar-refractivity contribution >= 4 is 46.5 Å². The number of nitrogens with one attached hydrogen (secondary N) is 3. The molecule has 0 aliphatic rings. The van der Waals surface area contributed by atoms with Crippen LogP contribution >= 0.6 is 12.2 Å². The summed E-state index contributed by atoms with van der Waals surface area (Å²) in [6, 6.07) is 16.8. The highest BCUT2D eigenvalue weighted by atomic mass is 32.1. The van der Waals surface area contributed by atoms with Crippen molar-refractivity contribution in [3.05, 3.63) is 60.2 Å². The van der Waals surface area contributed by atoms with Crippen molar-refractivity contribution in [3.8, 4) is 0 Å². The first-order chi connectivity index (χ1) is 14.4.